The summed E-state index contributed by atoms with van der Waals surface area (Å²) in [7, 11) is 1.63. The fraction of sp³-hybridized carbons (Fsp3) is 0.647. The number of benzene rings is 1. The second kappa shape index (κ2) is 7.76. The lowest BCUT2D eigenvalue weighted by Gasteiger charge is -2.40. The minimum Gasteiger partial charge on any atom is -0.496 e. The number of rotatable bonds is 6. The summed E-state index contributed by atoms with van der Waals surface area (Å²) in [5.41, 5.74) is 6.97. The van der Waals surface area contributed by atoms with Crippen LogP contribution in [0.4, 0.5) is 4.39 Å². The summed E-state index contributed by atoms with van der Waals surface area (Å²) >= 11 is 0. The smallest absolute Gasteiger partial charge is 0.123 e. The van der Waals surface area contributed by atoms with Gasteiger partial charge in [-0.15, -0.1) is 0 Å². The van der Waals surface area contributed by atoms with Crippen LogP contribution in [0.3, 0.4) is 0 Å². The van der Waals surface area contributed by atoms with Gasteiger partial charge in [-0.25, -0.2) is 4.39 Å². The molecule has 0 saturated carbocycles. The predicted molar refractivity (Wildman–Crippen MR) is 84.3 cm³/mol. The first-order valence-corrected chi connectivity index (χ1v) is 7.98. The molecule has 0 amide bonds. The number of likely N-dealkylation sites (tertiary alicyclic amines) is 1. The van der Waals surface area contributed by atoms with Crippen molar-refractivity contribution in [2.24, 2.45) is 5.73 Å². The van der Waals surface area contributed by atoms with Gasteiger partial charge in [0.1, 0.15) is 11.6 Å². The van der Waals surface area contributed by atoms with Crippen LogP contribution in [0.25, 0.3) is 0 Å². The van der Waals surface area contributed by atoms with Crippen LogP contribution in [0.5, 0.6) is 5.75 Å². The van der Waals surface area contributed by atoms with E-state index in [2.05, 4.69) is 11.8 Å². The average Bonchev–Trinajstić information content (AvgIpc) is 2.50. The standard InChI is InChI=1S/C17H27FN2O/c1-3-9-20-10-5-4-6-16(20)15(12-19)14-11-13(18)7-8-17(14)21-2/h7-8,11,15-16H,3-6,9-10,12,19H2,1-2H3. The molecule has 0 radical (unpaired) electrons. The van der Waals surface area contributed by atoms with E-state index in [0.717, 1.165) is 37.2 Å². The van der Waals surface area contributed by atoms with Crippen molar-refractivity contribution in [3.8, 4) is 5.75 Å². The highest BCUT2D eigenvalue weighted by Crippen LogP contribution is 2.35. The predicted octanol–water partition coefficient (Wildman–Crippen LogP) is 3.14. The largest absolute Gasteiger partial charge is 0.496 e. The molecule has 3 nitrogen and oxygen atoms in total. The number of hydrogen-bond acceptors (Lipinski definition) is 3. The van der Waals surface area contributed by atoms with Crippen molar-refractivity contribution in [3.05, 3.63) is 29.6 Å². The van der Waals surface area contributed by atoms with Gasteiger partial charge in [-0.05, 0) is 50.6 Å². The summed E-state index contributed by atoms with van der Waals surface area (Å²) in [5, 5.41) is 0. The first-order chi connectivity index (χ1) is 10.2. The Morgan fingerprint density at radius 2 is 2.24 bits per heavy atom. The molecule has 1 aromatic rings. The molecule has 118 valence electrons. The Balaban J connectivity index is 2.31. The minimum absolute atomic E-state index is 0.127. The van der Waals surface area contributed by atoms with E-state index in [1.165, 1.54) is 18.9 Å². The van der Waals surface area contributed by atoms with Crippen LogP contribution in [-0.2, 0) is 0 Å². The minimum atomic E-state index is -0.220. The molecule has 1 aliphatic rings. The topological polar surface area (TPSA) is 38.5 Å². The van der Waals surface area contributed by atoms with Gasteiger partial charge in [0.05, 0.1) is 7.11 Å². The number of nitrogens with two attached hydrogens (primary N) is 1. The molecule has 1 aliphatic heterocycles. The highest BCUT2D eigenvalue weighted by atomic mass is 19.1. The van der Waals surface area contributed by atoms with Gasteiger partial charge in [-0.3, -0.25) is 4.90 Å². The van der Waals surface area contributed by atoms with Crippen molar-refractivity contribution in [2.75, 3.05) is 26.7 Å². The van der Waals surface area contributed by atoms with Crippen molar-refractivity contribution in [2.45, 2.75) is 44.6 Å². The van der Waals surface area contributed by atoms with Crippen LogP contribution < -0.4 is 10.5 Å². The molecule has 1 fully saturated rings. The van der Waals surface area contributed by atoms with Gasteiger partial charge in [0.25, 0.3) is 0 Å². The fourth-order valence-corrected chi connectivity index (χ4v) is 3.52. The average molecular weight is 294 g/mol. The molecule has 1 heterocycles. The lowest BCUT2D eigenvalue weighted by atomic mass is 9.84. The maximum atomic E-state index is 13.7. The van der Waals surface area contributed by atoms with E-state index in [1.807, 2.05) is 0 Å². The van der Waals surface area contributed by atoms with E-state index in [-0.39, 0.29) is 11.7 Å². The Morgan fingerprint density at radius 3 is 2.90 bits per heavy atom. The Hall–Kier alpha value is -1.13. The lowest BCUT2D eigenvalue weighted by molar-refractivity contribution is 0.126. The second-order valence-corrected chi connectivity index (χ2v) is 5.83. The zero-order valence-electron chi connectivity index (χ0n) is 13.1. The van der Waals surface area contributed by atoms with Crippen LogP contribution in [0.2, 0.25) is 0 Å². The molecule has 21 heavy (non-hydrogen) atoms. The molecule has 2 unspecified atom stereocenters. The summed E-state index contributed by atoms with van der Waals surface area (Å²) in [4.78, 5) is 2.52. The molecule has 2 N–H and O–H groups in total. The highest BCUT2D eigenvalue weighted by Gasteiger charge is 2.31. The van der Waals surface area contributed by atoms with Gasteiger partial charge in [0.15, 0.2) is 0 Å². The molecule has 0 spiro atoms. The third-order valence-electron chi connectivity index (χ3n) is 4.48. The van der Waals surface area contributed by atoms with Crippen LogP contribution in [0, 0.1) is 5.82 Å². The van der Waals surface area contributed by atoms with E-state index in [1.54, 1.807) is 19.2 Å². The maximum absolute atomic E-state index is 13.7. The summed E-state index contributed by atoms with van der Waals surface area (Å²) in [6, 6.07) is 5.13. The lowest BCUT2D eigenvalue weighted by Crippen LogP contribution is -2.45. The summed E-state index contributed by atoms with van der Waals surface area (Å²) in [6.45, 7) is 4.92. The molecule has 0 bridgehead atoms. The first-order valence-electron chi connectivity index (χ1n) is 7.98. The Bertz CT molecular complexity index is 450. The van der Waals surface area contributed by atoms with Gasteiger partial charge < -0.3 is 10.5 Å². The van der Waals surface area contributed by atoms with E-state index in [4.69, 9.17) is 10.5 Å². The maximum Gasteiger partial charge on any atom is 0.123 e. The van der Waals surface area contributed by atoms with Gasteiger partial charge in [0, 0.05) is 24.1 Å². The zero-order chi connectivity index (χ0) is 15.2. The van der Waals surface area contributed by atoms with Crippen molar-refractivity contribution < 1.29 is 9.13 Å². The Morgan fingerprint density at radius 1 is 1.43 bits per heavy atom. The number of piperidine rings is 1. The zero-order valence-corrected chi connectivity index (χ0v) is 13.1. The third-order valence-corrected chi connectivity index (χ3v) is 4.48. The molecule has 0 aromatic heterocycles. The van der Waals surface area contributed by atoms with E-state index in [0.29, 0.717) is 12.6 Å². The first kappa shape index (κ1) is 16.2. The molecule has 1 aromatic carbocycles. The van der Waals surface area contributed by atoms with Crippen molar-refractivity contribution in [1.82, 2.24) is 4.90 Å². The van der Waals surface area contributed by atoms with Crippen molar-refractivity contribution in [3.63, 3.8) is 0 Å². The van der Waals surface area contributed by atoms with Crippen LogP contribution in [-0.4, -0.2) is 37.7 Å². The molecular formula is C17H27FN2O. The highest BCUT2D eigenvalue weighted by molar-refractivity contribution is 5.38. The van der Waals surface area contributed by atoms with Gasteiger partial charge in [-0.2, -0.15) is 0 Å². The summed E-state index contributed by atoms with van der Waals surface area (Å²) < 4.78 is 19.1. The van der Waals surface area contributed by atoms with Crippen LogP contribution in [0.15, 0.2) is 18.2 Å². The molecule has 1 saturated heterocycles. The summed E-state index contributed by atoms with van der Waals surface area (Å²) in [5.74, 6) is 0.651. The number of halogens is 1. The van der Waals surface area contributed by atoms with Gasteiger partial charge >= 0.3 is 0 Å². The molecule has 2 rings (SSSR count). The Labute approximate surface area is 127 Å². The Kier molecular flexibility index (Phi) is 6.00. The summed E-state index contributed by atoms with van der Waals surface area (Å²) in [6.07, 6.45) is 4.72. The number of methoxy groups -OCH3 is 1. The third kappa shape index (κ3) is 3.74. The quantitative estimate of drug-likeness (QED) is 0.876. The van der Waals surface area contributed by atoms with Crippen molar-refractivity contribution in [1.29, 1.82) is 0 Å². The SMILES string of the molecule is CCCN1CCCCC1C(CN)c1cc(F)ccc1OC. The van der Waals surface area contributed by atoms with Gasteiger partial charge in [0.2, 0.25) is 0 Å². The van der Waals surface area contributed by atoms with E-state index in [9.17, 15) is 4.39 Å². The molecule has 4 heteroatoms. The number of hydrogen-bond donors (Lipinski definition) is 1. The van der Waals surface area contributed by atoms with E-state index < -0.39 is 0 Å². The normalized spacial score (nSPS) is 21.2. The van der Waals surface area contributed by atoms with Gasteiger partial charge in [-0.1, -0.05) is 13.3 Å². The number of nitrogens with zero attached hydrogens (tertiary/aromatic N) is 1. The molecule has 0 aliphatic carbocycles. The van der Waals surface area contributed by atoms with E-state index >= 15 is 0 Å². The van der Waals surface area contributed by atoms with Crippen molar-refractivity contribution >= 4 is 0 Å². The fourth-order valence-electron chi connectivity index (χ4n) is 3.52. The second-order valence-electron chi connectivity index (χ2n) is 5.83. The van der Waals surface area contributed by atoms with Crippen LogP contribution >= 0.6 is 0 Å². The van der Waals surface area contributed by atoms with Crippen LogP contribution in [0.1, 0.15) is 44.1 Å². The molecule has 2 atom stereocenters. The molecular weight excluding hydrogens is 267 g/mol. The number of ether oxygens (including phenoxy) is 1. The monoisotopic (exact) mass is 294 g/mol.